The summed E-state index contributed by atoms with van der Waals surface area (Å²) in [7, 11) is 1.91. The molecule has 0 radical (unpaired) electrons. The Balaban J connectivity index is 1.76. The predicted molar refractivity (Wildman–Crippen MR) is 112 cm³/mol. The quantitative estimate of drug-likeness (QED) is 0.446. The molecule has 0 spiro atoms. The lowest BCUT2D eigenvalue weighted by Gasteiger charge is -2.14. The van der Waals surface area contributed by atoms with Gasteiger partial charge in [-0.05, 0) is 30.7 Å². The van der Waals surface area contributed by atoms with Crippen molar-refractivity contribution in [1.82, 2.24) is 19.7 Å². The number of aryl methyl sites for hydroxylation is 2. The maximum absolute atomic E-state index is 11.0. The van der Waals surface area contributed by atoms with E-state index in [2.05, 4.69) is 10.1 Å². The predicted octanol–water partition coefficient (Wildman–Crippen LogP) is 4.31. The van der Waals surface area contributed by atoms with Crippen molar-refractivity contribution in [3.63, 3.8) is 0 Å². The maximum atomic E-state index is 11.0. The number of carbonyl (C=O) groups excluding carboxylic acids is 1. The molecule has 4 aromatic rings. The fourth-order valence-corrected chi connectivity index (χ4v) is 3.63. The summed E-state index contributed by atoms with van der Waals surface area (Å²) in [4.78, 5) is 19.7. The van der Waals surface area contributed by atoms with Crippen LogP contribution in [0.25, 0.3) is 22.2 Å². The van der Waals surface area contributed by atoms with E-state index in [1.165, 1.54) is 0 Å². The van der Waals surface area contributed by atoms with E-state index in [-0.39, 0.29) is 13.0 Å². The molecule has 0 saturated heterocycles. The number of hydrogen-bond donors (Lipinski definition) is 0. The van der Waals surface area contributed by atoms with Crippen LogP contribution >= 0.6 is 11.6 Å². The van der Waals surface area contributed by atoms with E-state index in [1.807, 2.05) is 49.0 Å². The van der Waals surface area contributed by atoms with Crippen LogP contribution in [-0.2, 0) is 24.9 Å². The lowest BCUT2D eigenvalue weighted by atomic mass is 10.0. The summed E-state index contributed by atoms with van der Waals surface area (Å²) in [5.41, 5.74) is 5.21. The van der Waals surface area contributed by atoms with Gasteiger partial charge in [0.25, 0.3) is 0 Å². The third kappa shape index (κ3) is 3.71. The summed E-state index contributed by atoms with van der Waals surface area (Å²) in [6, 6.07) is 9.87. The summed E-state index contributed by atoms with van der Waals surface area (Å²) in [5, 5.41) is 5.73. The van der Waals surface area contributed by atoms with E-state index in [1.54, 1.807) is 18.6 Å². The van der Waals surface area contributed by atoms with Crippen molar-refractivity contribution in [1.29, 1.82) is 0 Å². The zero-order valence-electron chi connectivity index (χ0n) is 16.1. The van der Waals surface area contributed by atoms with Crippen LogP contribution in [0, 0.1) is 6.92 Å². The van der Waals surface area contributed by atoms with Gasteiger partial charge in [0, 0.05) is 54.3 Å². The standard InChI is InChI=1S/C22H19ClN4O2/c1-14-10-17(20-6-8-25-27(20)2)16-4-3-5-21(22(16)26-14)29-13-18-15(7-9-28)11-24-12-19(18)23/h3-6,8-12H,7,13H2,1-2H3. The third-order valence-electron chi connectivity index (χ3n) is 4.80. The molecule has 0 bridgehead atoms. The van der Waals surface area contributed by atoms with E-state index in [4.69, 9.17) is 21.3 Å². The minimum atomic E-state index is 0.223. The summed E-state index contributed by atoms with van der Waals surface area (Å²) in [6.45, 7) is 2.18. The number of carbonyl (C=O) groups is 1. The molecule has 29 heavy (non-hydrogen) atoms. The second-order valence-corrected chi connectivity index (χ2v) is 7.13. The number of aldehydes is 1. The Kier molecular flexibility index (Phi) is 5.27. The van der Waals surface area contributed by atoms with Crippen LogP contribution in [0.4, 0.5) is 0 Å². The smallest absolute Gasteiger partial charge is 0.146 e. The molecule has 0 amide bonds. The number of ether oxygens (including phenoxy) is 1. The van der Waals surface area contributed by atoms with Gasteiger partial charge in [0.2, 0.25) is 0 Å². The van der Waals surface area contributed by atoms with Crippen LogP contribution in [0.3, 0.4) is 0 Å². The van der Waals surface area contributed by atoms with Gasteiger partial charge in [-0.3, -0.25) is 9.67 Å². The van der Waals surface area contributed by atoms with Crippen molar-refractivity contribution in [2.45, 2.75) is 20.0 Å². The molecule has 146 valence electrons. The highest BCUT2D eigenvalue weighted by atomic mass is 35.5. The molecule has 7 heteroatoms. The molecule has 0 aliphatic carbocycles. The van der Waals surface area contributed by atoms with Crippen molar-refractivity contribution in [3.05, 3.63) is 70.8 Å². The number of nitrogens with zero attached hydrogens (tertiary/aromatic N) is 4. The molecule has 6 nitrogen and oxygen atoms in total. The largest absolute Gasteiger partial charge is 0.487 e. The fourth-order valence-electron chi connectivity index (χ4n) is 3.40. The van der Waals surface area contributed by atoms with Gasteiger partial charge in [0.15, 0.2) is 0 Å². The molecular formula is C22H19ClN4O2. The molecule has 3 aromatic heterocycles. The molecule has 4 rings (SSSR count). The Morgan fingerprint density at radius 1 is 1.24 bits per heavy atom. The molecule has 0 N–H and O–H groups in total. The van der Waals surface area contributed by atoms with Gasteiger partial charge in [0.05, 0.1) is 10.7 Å². The minimum absolute atomic E-state index is 0.223. The first kappa shape index (κ1) is 19.1. The summed E-state index contributed by atoms with van der Waals surface area (Å²) in [6.07, 6.45) is 6.05. The highest BCUT2D eigenvalue weighted by molar-refractivity contribution is 6.31. The zero-order valence-corrected chi connectivity index (χ0v) is 16.8. The number of aromatic nitrogens is 4. The Bertz CT molecular complexity index is 1200. The molecule has 0 aliphatic heterocycles. The second kappa shape index (κ2) is 8.01. The average Bonchev–Trinajstić information content (AvgIpc) is 3.13. The molecule has 0 atom stereocenters. The fraction of sp³-hybridized carbons (Fsp3) is 0.182. The van der Waals surface area contributed by atoms with Gasteiger partial charge in [-0.1, -0.05) is 23.7 Å². The van der Waals surface area contributed by atoms with E-state index < -0.39 is 0 Å². The first-order chi connectivity index (χ1) is 14.1. The van der Waals surface area contributed by atoms with Gasteiger partial charge in [-0.25, -0.2) is 4.98 Å². The van der Waals surface area contributed by atoms with Crippen LogP contribution in [0.2, 0.25) is 5.02 Å². The topological polar surface area (TPSA) is 69.9 Å². The van der Waals surface area contributed by atoms with Crippen LogP contribution in [0.5, 0.6) is 5.75 Å². The van der Waals surface area contributed by atoms with Crippen LogP contribution < -0.4 is 4.74 Å². The monoisotopic (exact) mass is 406 g/mol. The van der Waals surface area contributed by atoms with Crippen LogP contribution in [0.1, 0.15) is 16.8 Å². The molecule has 0 aliphatic rings. The number of hydrogen-bond acceptors (Lipinski definition) is 5. The van der Waals surface area contributed by atoms with E-state index >= 15 is 0 Å². The normalized spacial score (nSPS) is 11.0. The minimum Gasteiger partial charge on any atom is -0.487 e. The van der Waals surface area contributed by atoms with E-state index in [0.29, 0.717) is 10.8 Å². The number of para-hydroxylation sites is 1. The van der Waals surface area contributed by atoms with Gasteiger partial charge >= 0.3 is 0 Å². The lowest BCUT2D eigenvalue weighted by Crippen LogP contribution is -2.04. The van der Waals surface area contributed by atoms with Crippen molar-refractivity contribution in [2.75, 3.05) is 0 Å². The van der Waals surface area contributed by atoms with Crippen molar-refractivity contribution in [3.8, 4) is 17.0 Å². The number of benzene rings is 1. The van der Waals surface area contributed by atoms with Gasteiger partial charge in [-0.15, -0.1) is 0 Å². The summed E-state index contributed by atoms with van der Waals surface area (Å²) >= 11 is 6.30. The van der Waals surface area contributed by atoms with Gasteiger partial charge in [0.1, 0.15) is 24.2 Å². The average molecular weight is 407 g/mol. The Morgan fingerprint density at radius 2 is 2.10 bits per heavy atom. The van der Waals surface area contributed by atoms with Crippen LogP contribution in [-0.4, -0.2) is 26.0 Å². The molecule has 3 heterocycles. The molecule has 0 unspecified atom stereocenters. The van der Waals surface area contributed by atoms with Crippen molar-refractivity contribution < 1.29 is 9.53 Å². The second-order valence-electron chi connectivity index (χ2n) is 6.72. The van der Waals surface area contributed by atoms with E-state index in [0.717, 1.165) is 45.3 Å². The molecular weight excluding hydrogens is 388 g/mol. The highest BCUT2D eigenvalue weighted by Gasteiger charge is 2.14. The third-order valence-corrected chi connectivity index (χ3v) is 5.12. The maximum Gasteiger partial charge on any atom is 0.146 e. The van der Waals surface area contributed by atoms with Gasteiger partial charge in [-0.2, -0.15) is 5.10 Å². The van der Waals surface area contributed by atoms with Crippen LogP contribution in [0.15, 0.2) is 48.9 Å². The SMILES string of the molecule is Cc1cc(-c2ccnn2C)c2cccc(OCc3c(Cl)cncc3CC=O)c2n1. The highest BCUT2D eigenvalue weighted by Crippen LogP contribution is 2.33. The molecule has 1 aromatic carbocycles. The Hall–Kier alpha value is -3.25. The first-order valence-electron chi connectivity index (χ1n) is 9.15. The number of fused-ring (bicyclic) bond motifs is 1. The number of rotatable bonds is 6. The molecule has 0 saturated carbocycles. The number of pyridine rings is 2. The summed E-state index contributed by atoms with van der Waals surface area (Å²) < 4.78 is 7.96. The molecule has 0 fully saturated rings. The van der Waals surface area contributed by atoms with Crippen molar-refractivity contribution >= 4 is 28.8 Å². The van der Waals surface area contributed by atoms with Crippen molar-refractivity contribution in [2.24, 2.45) is 7.05 Å². The Morgan fingerprint density at radius 3 is 2.86 bits per heavy atom. The van der Waals surface area contributed by atoms with Gasteiger partial charge < -0.3 is 9.53 Å². The zero-order chi connectivity index (χ0) is 20.4. The summed E-state index contributed by atoms with van der Waals surface area (Å²) in [5.74, 6) is 0.652. The first-order valence-corrected chi connectivity index (χ1v) is 9.52. The lowest BCUT2D eigenvalue weighted by molar-refractivity contribution is -0.107. The Labute approximate surface area is 173 Å². The van der Waals surface area contributed by atoms with E-state index in [9.17, 15) is 4.79 Å². The number of halogens is 1.